The van der Waals surface area contributed by atoms with Crippen molar-refractivity contribution in [3.63, 3.8) is 0 Å². The summed E-state index contributed by atoms with van der Waals surface area (Å²) in [5.74, 6) is 0.264. The molecule has 30 heavy (non-hydrogen) atoms. The number of fused-ring (bicyclic) bond motifs is 3. The van der Waals surface area contributed by atoms with Crippen molar-refractivity contribution >= 4 is 22.9 Å². The third kappa shape index (κ3) is 3.64. The first-order valence-electron chi connectivity index (χ1n) is 11.2. The third-order valence-corrected chi connectivity index (χ3v) is 6.84. The quantitative estimate of drug-likeness (QED) is 0.702. The molecule has 1 fully saturated rings. The second-order valence-corrected chi connectivity index (χ2v) is 8.91. The van der Waals surface area contributed by atoms with E-state index in [0.29, 0.717) is 49.9 Å². The van der Waals surface area contributed by atoms with Crippen molar-refractivity contribution in [2.24, 2.45) is 5.92 Å². The van der Waals surface area contributed by atoms with Gasteiger partial charge in [-0.15, -0.1) is 0 Å². The maximum absolute atomic E-state index is 13.6. The zero-order chi connectivity index (χ0) is 21.3. The Morgan fingerprint density at radius 3 is 2.93 bits per heavy atom. The summed E-state index contributed by atoms with van der Waals surface area (Å²) < 4.78 is 12.9. The summed E-state index contributed by atoms with van der Waals surface area (Å²) in [4.78, 5) is 28.8. The minimum Gasteiger partial charge on any atom is -0.463 e. The number of nitrogens with one attached hydrogen (secondary N) is 1. The monoisotopic (exact) mass is 415 g/mol. The first kappa shape index (κ1) is 21.0. The van der Waals surface area contributed by atoms with Gasteiger partial charge in [-0.3, -0.25) is 9.59 Å². The van der Waals surface area contributed by atoms with Crippen molar-refractivity contribution in [2.75, 3.05) is 19.8 Å². The summed E-state index contributed by atoms with van der Waals surface area (Å²) in [6.45, 7) is 8.16. The lowest BCUT2D eigenvalue weighted by molar-refractivity contribution is -0.134. The average Bonchev–Trinajstić information content (AvgIpc) is 3.31. The van der Waals surface area contributed by atoms with E-state index in [1.165, 1.54) is 6.42 Å². The first-order chi connectivity index (χ1) is 14.5. The molecule has 2 aromatic rings. The minimum atomic E-state index is -0.962. The van der Waals surface area contributed by atoms with Crippen LogP contribution in [0, 0.1) is 5.92 Å². The number of nitrogens with zero attached hydrogens (tertiary/aromatic N) is 2. The van der Waals surface area contributed by atoms with E-state index in [1.54, 1.807) is 17.2 Å². The van der Waals surface area contributed by atoms with Crippen LogP contribution in [0.5, 0.6) is 0 Å². The van der Waals surface area contributed by atoms with E-state index in [2.05, 4.69) is 12.2 Å². The summed E-state index contributed by atoms with van der Waals surface area (Å²) in [5.41, 5.74) is 1.16. The minimum absolute atomic E-state index is 0.0676. The van der Waals surface area contributed by atoms with Crippen LogP contribution in [0.1, 0.15) is 63.4 Å². The van der Waals surface area contributed by atoms with Crippen molar-refractivity contribution in [1.82, 2.24) is 14.8 Å². The smallest absolute Gasteiger partial charge is 0.271 e. The molecule has 0 unspecified atom stereocenters. The number of amides is 2. The molecule has 1 N–H and O–H groups in total. The van der Waals surface area contributed by atoms with Crippen LogP contribution in [0.3, 0.4) is 0 Å². The number of furan rings is 1. The lowest BCUT2D eigenvalue weighted by Gasteiger charge is -2.45. The van der Waals surface area contributed by atoms with Crippen LogP contribution in [0.4, 0.5) is 0 Å². The van der Waals surface area contributed by atoms with Gasteiger partial charge in [-0.25, -0.2) is 0 Å². The molecule has 164 valence electrons. The maximum Gasteiger partial charge on any atom is 0.271 e. The Morgan fingerprint density at radius 1 is 1.37 bits per heavy atom. The molecule has 2 aromatic heterocycles. The summed E-state index contributed by atoms with van der Waals surface area (Å²) >= 11 is 0. The number of aromatic nitrogens is 1. The van der Waals surface area contributed by atoms with Crippen LogP contribution in [-0.4, -0.2) is 52.6 Å². The van der Waals surface area contributed by atoms with E-state index in [-0.39, 0.29) is 17.9 Å². The van der Waals surface area contributed by atoms with E-state index in [1.807, 2.05) is 24.5 Å². The Balaban J connectivity index is 1.63. The number of hydrogen-bond donors (Lipinski definition) is 1. The summed E-state index contributed by atoms with van der Waals surface area (Å²) in [7, 11) is 0. The van der Waals surface area contributed by atoms with Crippen LogP contribution in [-0.2, 0) is 16.1 Å². The van der Waals surface area contributed by atoms with Gasteiger partial charge in [-0.05, 0) is 39.0 Å². The van der Waals surface area contributed by atoms with Gasteiger partial charge in [0.1, 0.15) is 11.2 Å². The van der Waals surface area contributed by atoms with Crippen LogP contribution in [0.25, 0.3) is 11.1 Å². The Bertz CT molecular complexity index is 917. The summed E-state index contributed by atoms with van der Waals surface area (Å²) in [5, 5.41) is 3.30. The van der Waals surface area contributed by atoms with Crippen molar-refractivity contribution in [1.29, 1.82) is 0 Å². The second kappa shape index (κ2) is 8.46. The predicted molar refractivity (Wildman–Crippen MR) is 114 cm³/mol. The Morgan fingerprint density at radius 2 is 2.17 bits per heavy atom. The number of rotatable bonds is 7. The Kier molecular flexibility index (Phi) is 5.91. The molecule has 2 amide bonds. The molecule has 1 aliphatic carbocycles. The highest BCUT2D eigenvalue weighted by Crippen LogP contribution is 2.33. The Hall–Kier alpha value is -2.28. The van der Waals surface area contributed by atoms with Gasteiger partial charge in [0, 0.05) is 37.9 Å². The molecule has 3 heterocycles. The van der Waals surface area contributed by atoms with Gasteiger partial charge in [-0.2, -0.15) is 0 Å². The van der Waals surface area contributed by atoms with E-state index < -0.39 is 5.54 Å². The fourth-order valence-corrected chi connectivity index (χ4v) is 4.95. The van der Waals surface area contributed by atoms with Gasteiger partial charge < -0.3 is 23.9 Å². The molecule has 0 saturated heterocycles. The fraction of sp³-hybridized carbons (Fsp3) is 0.652. The van der Waals surface area contributed by atoms with Crippen molar-refractivity contribution in [2.45, 2.75) is 71.0 Å². The molecular weight excluding hydrogens is 382 g/mol. The summed E-state index contributed by atoms with van der Waals surface area (Å²) in [6, 6.07) is 3.82. The molecule has 1 aliphatic heterocycles. The SMILES string of the molecule is CCOCCCN1C(=O)c2cc3occc3n2C[C@]1(C)C(=O)N[C@@H]1CCCC[C@@H]1C. The lowest BCUT2D eigenvalue weighted by Crippen LogP contribution is -2.65. The van der Waals surface area contributed by atoms with E-state index >= 15 is 0 Å². The zero-order valence-corrected chi connectivity index (χ0v) is 18.3. The molecule has 4 rings (SSSR count). The van der Waals surface area contributed by atoms with Gasteiger partial charge in [-0.1, -0.05) is 19.8 Å². The third-order valence-electron chi connectivity index (χ3n) is 6.84. The van der Waals surface area contributed by atoms with Crippen molar-refractivity contribution < 1.29 is 18.7 Å². The standard InChI is InChI=1S/C23H33N3O4/c1-4-29-12-7-11-26-21(27)19-14-20-18(10-13-30-20)25(19)15-23(26,3)22(28)24-17-9-6-5-8-16(17)2/h10,13-14,16-17H,4-9,11-12,15H2,1-3H3,(H,24,28)/t16-,17+,23+/m0/s1. The maximum atomic E-state index is 13.6. The van der Waals surface area contributed by atoms with Crippen LogP contribution in [0.15, 0.2) is 22.8 Å². The van der Waals surface area contributed by atoms with E-state index in [4.69, 9.17) is 9.15 Å². The molecule has 0 bridgehead atoms. The molecule has 3 atom stereocenters. The molecule has 0 spiro atoms. The number of hydrogen-bond acceptors (Lipinski definition) is 4. The molecule has 7 nitrogen and oxygen atoms in total. The summed E-state index contributed by atoms with van der Waals surface area (Å²) in [6.07, 6.45) is 6.81. The van der Waals surface area contributed by atoms with Crippen LogP contribution in [0.2, 0.25) is 0 Å². The average molecular weight is 416 g/mol. The molecule has 7 heteroatoms. The molecule has 0 aromatic carbocycles. The molecule has 0 radical (unpaired) electrons. The number of ether oxygens (including phenoxy) is 1. The van der Waals surface area contributed by atoms with Gasteiger partial charge in [0.25, 0.3) is 5.91 Å². The van der Waals surface area contributed by atoms with Crippen LogP contribution < -0.4 is 5.32 Å². The predicted octanol–water partition coefficient (Wildman–Crippen LogP) is 3.57. The topological polar surface area (TPSA) is 76.7 Å². The zero-order valence-electron chi connectivity index (χ0n) is 18.3. The lowest BCUT2D eigenvalue weighted by atomic mass is 9.85. The van der Waals surface area contributed by atoms with Gasteiger partial charge in [0.2, 0.25) is 5.91 Å². The molecule has 2 aliphatic rings. The Labute approximate surface area is 177 Å². The van der Waals surface area contributed by atoms with Crippen molar-refractivity contribution in [3.8, 4) is 0 Å². The van der Waals surface area contributed by atoms with Gasteiger partial charge >= 0.3 is 0 Å². The van der Waals surface area contributed by atoms with E-state index in [9.17, 15) is 9.59 Å². The largest absolute Gasteiger partial charge is 0.463 e. The molecule has 1 saturated carbocycles. The second-order valence-electron chi connectivity index (χ2n) is 8.91. The van der Waals surface area contributed by atoms with Crippen LogP contribution >= 0.6 is 0 Å². The number of carbonyl (C=O) groups is 2. The fourth-order valence-electron chi connectivity index (χ4n) is 4.95. The van der Waals surface area contributed by atoms with Gasteiger partial charge in [0.15, 0.2) is 5.58 Å². The van der Waals surface area contributed by atoms with E-state index in [0.717, 1.165) is 24.8 Å². The number of carbonyl (C=O) groups excluding carboxylic acids is 2. The van der Waals surface area contributed by atoms with Gasteiger partial charge in [0.05, 0.1) is 18.3 Å². The highest BCUT2D eigenvalue weighted by Gasteiger charge is 2.48. The molecular formula is C23H33N3O4. The highest BCUT2D eigenvalue weighted by molar-refractivity contribution is 6.02. The first-order valence-corrected chi connectivity index (χ1v) is 11.2. The highest BCUT2D eigenvalue weighted by atomic mass is 16.5. The normalized spacial score (nSPS) is 26.8. The van der Waals surface area contributed by atoms with Crippen molar-refractivity contribution in [3.05, 3.63) is 24.1 Å².